The summed E-state index contributed by atoms with van der Waals surface area (Å²) in [5.74, 6) is 0.0422. The number of hydrogen-bond donors (Lipinski definition) is 2. The van der Waals surface area contributed by atoms with Gasteiger partial charge in [-0.05, 0) is 49.5 Å². The van der Waals surface area contributed by atoms with Crippen molar-refractivity contribution in [3.63, 3.8) is 0 Å². The largest absolute Gasteiger partial charge is 0.326 e. The number of amides is 1. The maximum absolute atomic E-state index is 13.5. The Balaban J connectivity index is 1.98. The van der Waals surface area contributed by atoms with Crippen molar-refractivity contribution in [3.05, 3.63) is 65.7 Å². The van der Waals surface area contributed by atoms with E-state index in [2.05, 4.69) is 10.6 Å². The lowest BCUT2D eigenvalue weighted by atomic mass is 9.76. The number of rotatable bonds is 5. The summed E-state index contributed by atoms with van der Waals surface area (Å²) >= 11 is 0. The first-order valence-electron chi connectivity index (χ1n) is 8.83. The fraction of sp³-hybridized carbons (Fsp3) is 0.333. The van der Waals surface area contributed by atoms with E-state index in [1.54, 1.807) is 6.07 Å². The van der Waals surface area contributed by atoms with E-state index in [1.165, 1.54) is 6.92 Å². The van der Waals surface area contributed by atoms with Gasteiger partial charge in [-0.15, -0.1) is 0 Å². The molecule has 1 aliphatic heterocycles. The highest BCUT2D eigenvalue weighted by Gasteiger charge is 2.32. The molecule has 25 heavy (non-hydrogen) atoms. The molecule has 0 saturated carbocycles. The van der Waals surface area contributed by atoms with Gasteiger partial charge in [-0.2, -0.15) is 0 Å². The quantitative estimate of drug-likeness (QED) is 0.820. The Morgan fingerprint density at radius 2 is 1.64 bits per heavy atom. The summed E-state index contributed by atoms with van der Waals surface area (Å²) in [7, 11) is 0. The summed E-state index contributed by atoms with van der Waals surface area (Å²) < 4.78 is 0. The zero-order valence-corrected chi connectivity index (χ0v) is 14.5. The van der Waals surface area contributed by atoms with E-state index in [0.717, 1.165) is 31.5 Å². The topological polar surface area (TPSA) is 58.2 Å². The molecule has 2 aromatic rings. The Bertz CT molecular complexity index is 737. The summed E-state index contributed by atoms with van der Waals surface area (Å²) in [5.41, 5.74) is 2.23. The number of anilines is 1. The average molecular weight is 336 g/mol. The van der Waals surface area contributed by atoms with Crippen LogP contribution in [0.3, 0.4) is 0 Å². The molecule has 0 radical (unpaired) electrons. The third-order valence-corrected chi connectivity index (χ3v) is 4.80. The van der Waals surface area contributed by atoms with Gasteiger partial charge in [0.1, 0.15) is 0 Å². The van der Waals surface area contributed by atoms with E-state index < -0.39 is 0 Å². The smallest absolute Gasteiger partial charge is 0.221 e. The van der Waals surface area contributed by atoms with E-state index >= 15 is 0 Å². The van der Waals surface area contributed by atoms with Crippen LogP contribution in [0, 0.1) is 5.92 Å². The number of ketones is 1. The Morgan fingerprint density at radius 3 is 2.32 bits per heavy atom. The van der Waals surface area contributed by atoms with Gasteiger partial charge < -0.3 is 10.6 Å². The Labute approximate surface area is 148 Å². The molecule has 1 heterocycles. The first-order chi connectivity index (χ1) is 12.2. The van der Waals surface area contributed by atoms with Crippen molar-refractivity contribution in [2.75, 3.05) is 18.4 Å². The highest BCUT2D eigenvalue weighted by atomic mass is 16.1. The number of carbonyl (C=O) groups is 2. The molecule has 130 valence electrons. The van der Waals surface area contributed by atoms with Crippen LogP contribution >= 0.6 is 0 Å². The van der Waals surface area contributed by atoms with Gasteiger partial charge in [0.25, 0.3) is 0 Å². The number of para-hydroxylation sites is 1. The third kappa shape index (κ3) is 4.15. The van der Waals surface area contributed by atoms with E-state index in [9.17, 15) is 9.59 Å². The Hall–Kier alpha value is -2.46. The molecule has 0 spiro atoms. The lowest BCUT2D eigenvalue weighted by molar-refractivity contribution is -0.114. The predicted octanol–water partition coefficient (Wildman–Crippen LogP) is 3.61. The predicted molar refractivity (Wildman–Crippen MR) is 99.9 cm³/mol. The van der Waals surface area contributed by atoms with E-state index in [-0.39, 0.29) is 17.6 Å². The van der Waals surface area contributed by atoms with Gasteiger partial charge in [-0.25, -0.2) is 0 Å². The SMILES string of the molecule is CC(=O)Nc1ccccc1C(=O)C(c1ccccc1)C1CCNCC1. The minimum absolute atomic E-state index is 0.0856. The van der Waals surface area contributed by atoms with Crippen LogP contribution in [0.2, 0.25) is 0 Å². The molecular weight excluding hydrogens is 312 g/mol. The van der Waals surface area contributed by atoms with Crippen LogP contribution in [-0.2, 0) is 4.79 Å². The highest BCUT2D eigenvalue weighted by Crippen LogP contribution is 2.35. The second-order valence-electron chi connectivity index (χ2n) is 6.57. The molecule has 3 rings (SSSR count). The first kappa shape index (κ1) is 17.4. The zero-order valence-electron chi connectivity index (χ0n) is 14.5. The molecule has 4 nitrogen and oxygen atoms in total. The molecule has 2 N–H and O–H groups in total. The molecule has 1 fully saturated rings. The minimum Gasteiger partial charge on any atom is -0.326 e. The third-order valence-electron chi connectivity index (χ3n) is 4.80. The van der Waals surface area contributed by atoms with Crippen LogP contribution < -0.4 is 10.6 Å². The second-order valence-corrected chi connectivity index (χ2v) is 6.57. The lowest BCUT2D eigenvalue weighted by Gasteiger charge is -2.30. The molecule has 2 aromatic carbocycles. The maximum atomic E-state index is 13.5. The van der Waals surface area contributed by atoms with E-state index in [4.69, 9.17) is 0 Å². The molecular formula is C21H24N2O2. The van der Waals surface area contributed by atoms with Crippen molar-refractivity contribution in [3.8, 4) is 0 Å². The van der Waals surface area contributed by atoms with Gasteiger partial charge in [0, 0.05) is 12.5 Å². The van der Waals surface area contributed by atoms with Crippen LogP contribution in [0.15, 0.2) is 54.6 Å². The number of piperidine rings is 1. The lowest BCUT2D eigenvalue weighted by Crippen LogP contribution is -2.34. The van der Waals surface area contributed by atoms with Gasteiger partial charge in [-0.3, -0.25) is 9.59 Å². The summed E-state index contributed by atoms with van der Waals surface area (Å²) in [6.45, 7) is 3.34. The first-order valence-corrected chi connectivity index (χ1v) is 8.83. The number of hydrogen-bond acceptors (Lipinski definition) is 3. The van der Waals surface area contributed by atoms with Crippen molar-refractivity contribution >= 4 is 17.4 Å². The summed E-state index contributed by atoms with van der Waals surface area (Å²) in [5, 5.41) is 6.16. The van der Waals surface area contributed by atoms with Crippen molar-refractivity contribution in [2.45, 2.75) is 25.7 Å². The molecule has 4 heteroatoms. The van der Waals surface area contributed by atoms with Crippen LogP contribution in [0.5, 0.6) is 0 Å². The second kappa shape index (κ2) is 8.08. The van der Waals surface area contributed by atoms with Gasteiger partial charge in [-0.1, -0.05) is 42.5 Å². The van der Waals surface area contributed by atoms with Gasteiger partial charge in [0.15, 0.2) is 5.78 Å². The normalized spacial score (nSPS) is 16.2. The Kier molecular flexibility index (Phi) is 5.61. The van der Waals surface area contributed by atoms with Gasteiger partial charge >= 0.3 is 0 Å². The number of benzene rings is 2. The van der Waals surface area contributed by atoms with E-state index in [0.29, 0.717) is 17.2 Å². The van der Waals surface area contributed by atoms with Crippen LogP contribution in [0.25, 0.3) is 0 Å². The van der Waals surface area contributed by atoms with Gasteiger partial charge in [0.2, 0.25) is 5.91 Å². The number of nitrogens with one attached hydrogen (secondary N) is 2. The van der Waals surface area contributed by atoms with Crippen LogP contribution in [0.1, 0.15) is 41.6 Å². The Morgan fingerprint density at radius 1 is 1.00 bits per heavy atom. The molecule has 1 unspecified atom stereocenters. The molecule has 1 amide bonds. The molecule has 0 aromatic heterocycles. The highest BCUT2D eigenvalue weighted by molar-refractivity contribution is 6.07. The number of carbonyl (C=O) groups excluding carboxylic acids is 2. The molecule has 0 aliphatic carbocycles. The molecule has 1 saturated heterocycles. The van der Waals surface area contributed by atoms with Gasteiger partial charge in [0.05, 0.1) is 11.6 Å². The molecule has 1 aliphatic rings. The van der Waals surface area contributed by atoms with Crippen molar-refractivity contribution in [1.82, 2.24) is 5.32 Å². The average Bonchev–Trinajstić information content (AvgIpc) is 2.63. The van der Waals surface area contributed by atoms with Crippen LogP contribution in [-0.4, -0.2) is 24.8 Å². The number of Topliss-reactive ketones (excluding diaryl/α,β-unsaturated/α-hetero) is 1. The minimum atomic E-state index is -0.182. The zero-order chi connectivity index (χ0) is 17.6. The van der Waals surface area contributed by atoms with Crippen LogP contribution in [0.4, 0.5) is 5.69 Å². The molecule has 0 bridgehead atoms. The fourth-order valence-electron chi connectivity index (χ4n) is 3.64. The molecule has 1 atom stereocenters. The van der Waals surface area contributed by atoms with Crippen molar-refractivity contribution in [1.29, 1.82) is 0 Å². The van der Waals surface area contributed by atoms with Crippen molar-refractivity contribution < 1.29 is 9.59 Å². The van der Waals surface area contributed by atoms with Crippen molar-refractivity contribution in [2.24, 2.45) is 5.92 Å². The monoisotopic (exact) mass is 336 g/mol. The maximum Gasteiger partial charge on any atom is 0.221 e. The summed E-state index contributed by atoms with van der Waals surface area (Å²) in [4.78, 5) is 25.0. The summed E-state index contributed by atoms with van der Waals surface area (Å²) in [6, 6.07) is 17.3. The fourth-order valence-corrected chi connectivity index (χ4v) is 3.64. The summed E-state index contributed by atoms with van der Waals surface area (Å²) in [6.07, 6.45) is 1.96. The van der Waals surface area contributed by atoms with E-state index in [1.807, 2.05) is 48.5 Å². The standard InChI is InChI=1S/C21H24N2O2/c1-15(24)23-19-10-6-5-9-18(19)21(25)20(16-7-3-2-4-8-16)17-11-13-22-14-12-17/h2-10,17,20,22H,11-14H2,1H3,(H,23,24).